The van der Waals surface area contributed by atoms with Crippen LogP contribution in [-0.4, -0.2) is 50.6 Å². The maximum Gasteiger partial charge on any atom is 0.138 e. The molecule has 5 nitrogen and oxygen atoms in total. The lowest BCUT2D eigenvalue weighted by Crippen LogP contribution is -2.66. The van der Waals surface area contributed by atoms with Gasteiger partial charge in [-0.3, -0.25) is 4.79 Å². The number of Topliss-reactive ketones (excluding diaryl/α,β-unsaturated/α-hetero) is 1. The third-order valence-corrected chi connectivity index (χ3v) is 13.0. The molecule has 11 atom stereocenters. The largest absolute Gasteiger partial charge is 0.393 e. The van der Waals surface area contributed by atoms with Crippen LogP contribution < -0.4 is 0 Å². The minimum absolute atomic E-state index is 0.0241. The highest BCUT2D eigenvalue weighted by atomic mass is 16.5. The van der Waals surface area contributed by atoms with E-state index in [4.69, 9.17) is 4.74 Å². The van der Waals surface area contributed by atoms with Gasteiger partial charge >= 0.3 is 0 Å². The van der Waals surface area contributed by atoms with Crippen molar-refractivity contribution in [3.8, 4) is 0 Å². The molecule has 0 unspecified atom stereocenters. The zero-order valence-electron chi connectivity index (χ0n) is 23.4. The van der Waals surface area contributed by atoms with Crippen molar-refractivity contribution < 1.29 is 24.9 Å². The van der Waals surface area contributed by atoms with E-state index in [1.807, 2.05) is 0 Å². The van der Waals surface area contributed by atoms with Crippen LogP contribution in [0.3, 0.4) is 0 Å². The SMILES string of the molecule is CC(C)(O)[C@H]1O[C@](C)([C@H]2CC[C@]3(C)[C@@H]2[C@H](O)C[C@@H]2[C@@]4(C)CCC(=O)C(C)(C)[C@@H]4CC[C@]23C)C[C@@H]1O. The molecule has 0 aromatic heterocycles. The number of fused-ring (bicyclic) bond motifs is 5. The van der Waals surface area contributed by atoms with E-state index in [1.165, 1.54) is 0 Å². The number of aliphatic hydroxyl groups excluding tert-OH is 2. The summed E-state index contributed by atoms with van der Waals surface area (Å²) in [6.07, 6.45) is 5.38. The van der Waals surface area contributed by atoms with Gasteiger partial charge in [0.1, 0.15) is 11.9 Å². The van der Waals surface area contributed by atoms with Crippen LogP contribution in [0.1, 0.15) is 107 Å². The monoisotopic (exact) mass is 490 g/mol. The van der Waals surface area contributed by atoms with Crippen molar-refractivity contribution in [2.75, 3.05) is 0 Å². The molecule has 4 aliphatic carbocycles. The number of hydrogen-bond acceptors (Lipinski definition) is 5. The fourth-order valence-electron chi connectivity index (χ4n) is 11.0. The Bertz CT molecular complexity index is 892. The van der Waals surface area contributed by atoms with Gasteiger partial charge in [-0.2, -0.15) is 0 Å². The minimum Gasteiger partial charge on any atom is -0.393 e. The van der Waals surface area contributed by atoms with Gasteiger partial charge in [-0.15, -0.1) is 0 Å². The van der Waals surface area contributed by atoms with E-state index < -0.39 is 29.5 Å². The second-order valence-electron chi connectivity index (χ2n) is 15.4. The molecule has 3 N–H and O–H groups in total. The van der Waals surface area contributed by atoms with Gasteiger partial charge < -0.3 is 20.1 Å². The second-order valence-corrected chi connectivity index (χ2v) is 15.4. The summed E-state index contributed by atoms with van der Waals surface area (Å²) in [6, 6.07) is 0. The highest BCUT2D eigenvalue weighted by Crippen LogP contribution is 2.75. The zero-order chi connectivity index (χ0) is 26.0. The fraction of sp³-hybridized carbons (Fsp3) is 0.967. The van der Waals surface area contributed by atoms with Gasteiger partial charge in [0.25, 0.3) is 0 Å². The number of carbonyl (C=O) groups is 1. The topological polar surface area (TPSA) is 87.0 Å². The molecule has 0 radical (unpaired) electrons. The first-order valence-electron chi connectivity index (χ1n) is 14.2. The molecule has 0 bridgehead atoms. The first-order chi connectivity index (χ1) is 15.9. The predicted molar refractivity (Wildman–Crippen MR) is 136 cm³/mol. The molecule has 5 aliphatic rings. The maximum atomic E-state index is 12.9. The van der Waals surface area contributed by atoms with Crippen LogP contribution in [0, 0.1) is 45.3 Å². The highest BCUT2D eigenvalue weighted by Gasteiger charge is 2.72. The summed E-state index contributed by atoms with van der Waals surface area (Å²) < 4.78 is 6.52. The molecule has 1 heterocycles. The molecule has 200 valence electrons. The van der Waals surface area contributed by atoms with E-state index in [9.17, 15) is 20.1 Å². The van der Waals surface area contributed by atoms with Crippen molar-refractivity contribution >= 4 is 5.78 Å². The van der Waals surface area contributed by atoms with Crippen LogP contribution in [0.25, 0.3) is 0 Å². The summed E-state index contributed by atoms with van der Waals surface area (Å²) in [5.74, 6) is 1.44. The Labute approximate surface area is 212 Å². The van der Waals surface area contributed by atoms with Gasteiger partial charge in [0, 0.05) is 18.3 Å². The van der Waals surface area contributed by atoms with E-state index >= 15 is 0 Å². The molecule has 0 amide bonds. The van der Waals surface area contributed by atoms with Gasteiger partial charge in [0.05, 0.1) is 23.4 Å². The summed E-state index contributed by atoms with van der Waals surface area (Å²) in [6.45, 7) is 17.2. The highest BCUT2D eigenvalue weighted by molar-refractivity contribution is 5.85. The molecule has 35 heavy (non-hydrogen) atoms. The molecule has 5 rings (SSSR count). The van der Waals surface area contributed by atoms with Crippen LogP contribution in [0.5, 0.6) is 0 Å². The molecule has 1 aliphatic heterocycles. The van der Waals surface area contributed by atoms with E-state index in [0.717, 1.165) is 38.5 Å². The molecule has 0 spiro atoms. The number of hydrogen-bond donors (Lipinski definition) is 3. The normalized spacial score (nSPS) is 55.9. The first-order valence-corrected chi connectivity index (χ1v) is 14.2. The van der Waals surface area contributed by atoms with Gasteiger partial charge in [-0.25, -0.2) is 0 Å². The summed E-state index contributed by atoms with van der Waals surface area (Å²) in [5.41, 5.74) is -1.83. The molecule has 5 heteroatoms. The molecular weight excluding hydrogens is 440 g/mol. The van der Waals surface area contributed by atoms with Crippen molar-refractivity contribution in [1.82, 2.24) is 0 Å². The molecule has 5 fully saturated rings. The molecule has 0 aromatic rings. The van der Waals surface area contributed by atoms with Crippen LogP contribution in [0.15, 0.2) is 0 Å². The Morgan fingerprint density at radius 3 is 2.11 bits per heavy atom. The molecular formula is C30H50O5. The zero-order valence-corrected chi connectivity index (χ0v) is 23.4. The Hall–Kier alpha value is -0.490. The van der Waals surface area contributed by atoms with E-state index in [-0.39, 0.29) is 33.5 Å². The minimum atomic E-state index is -1.11. The summed E-state index contributed by atoms with van der Waals surface area (Å²) >= 11 is 0. The lowest BCUT2D eigenvalue weighted by Gasteiger charge is -2.69. The maximum absolute atomic E-state index is 12.9. The first kappa shape index (κ1) is 26.1. The summed E-state index contributed by atoms with van der Waals surface area (Å²) in [7, 11) is 0. The summed E-state index contributed by atoms with van der Waals surface area (Å²) in [5, 5.41) is 33.4. The Balaban J connectivity index is 1.49. The van der Waals surface area contributed by atoms with Crippen molar-refractivity contribution in [2.24, 2.45) is 45.3 Å². The average molecular weight is 491 g/mol. The van der Waals surface area contributed by atoms with Crippen LogP contribution in [0.2, 0.25) is 0 Å². The Morgan fingerprint density at radius 1 is 0.886 bits per heavy atom. The van der Waals surface area contributed by atoms with Gasteiger partial charge in [-0.05, 0) is 99.2 Å². The van der Waals surface area contributed by atoms with Crippen molar-refractivity contribution in [3.05, 3.63) is 0 Å². The predicted octanol–water partition coefficient (Wildman–Crippen LogP) is 4.89. The van der Waals surface area contributed by atoms with Crippen molar-refractivity contribution in [1.29, 1.82) is 0 Å². The fourth-order valence-corrected chi connectivity index (χ4v) is 11.0. The lowest BCUT2D eigenvalue weighted by atomic mass is 9.35. The van der Waals surface area contributed by atoms with Crippen LogP contribution in [0.4, 0.5) is 0 Å². The second kappa shape index (κ2) is 7.55. The van der Waals surface area contributed by atoms with Crippen LogP contribution in [-0.2, 0) is 9.53 Å². The number of rotatable bonds is 2. The van der Waals surface area contributed by atoms with Gasteiger partial charge in [0.2, 0.25) is 0 Å². The molecule has 1 saturated heterocycles. The van der Waals surface area contributed by atoms with Gasteiger partial charge in [-0.1, -0.05) is 34.6 Å². The van der Waals surface area contributed by atoms with E-state index in [2.05, 4.69) is 41.5 Å². The molecule has 4 saturated carbocycles. The quantitative estimate of drug-likeness (QED) is 0.513. The third kappa shape index (κ3) is 3.29. The summed E-state index contributed by atoms with van der Waals surface area (Å²) in [4.78, 5) is 12.9. The third-order valence-electron chi connectivity index (χ3n) is 13.0. The Morgan fingerprint density at radius 2 is 1.51 bits per heavy atom. The number of carbonyl (C=O) groups excluding carboxylic acids is 1. The number of ketones is 1. The number of aliphatic hydroxyl groups is 3. The smallest absolute Gasteiger partial charge is 0.138 e. The van der Waals surface area contributed by atoms with E-state index in [1.54, 1.807) is 13.8 Å². The van der Waals surface area contributed by atoms with Crippen molar-refractivity contribution in [3.63, 3.8) is 0 Å². The number of ether oxygens (including phenoxy) is 1. The lowest BCUT2D eigenvalue weighted by molar-refractivity contribution is -0.235. The van der Waals surface area contributed by atoms with E-state index in [0.29, 0.717) is 30.5 Å². The van der Waals surface area contributed by atoms with Crippen LogP contribution >= 0.6 is 0 Å². The molecule has 0 aromatic carbocycles. The average Bonchev–Trinajstić information content (AvgIpc) is 3.26. The Kier molecular flexibility index (Phi) is 5.63. The van der Waals surface area contributed by atoms with Gasteiger partial charge in [0.15, 0.2) is 0 Å². The van der Waals surface area contributed by atoms with Crippen molar-refractivity contribution in [2.45, 2.75) is 136 Å². The standard InChI is InChI=1S/C30H50O5/c1-25(2)20-10-14-28(6)21(27(20,5)12-11-22(25)33)15-18(31)23-17(9-13-29(23,28)7)30(8)16-19(32)24(35-30)26(3,4)34/h17-21,23-24,31-32,34H,9-16H2,1-8H3/t17-,18+,19-,20-,21+,23-,24-,27-,28+,29+,30-/m0/s1.